The Morgan fingerprint density at radius 3 is 2.67 bits per heavy atom. The highest BCUT2D eigenvalue weighted by molar-refractivity contribution is 6.17. The minimum Gasteiger partial charge on any atom is -0.278 e. The smallest absolute Gasteiger partial charge is 0.0650 e. The van der Waals surface area contributed by atoms with Gasteiger partial charge in [-0.05, 0) is 12.5 Å². The number of benzene rings is 1. The molecular formula is C12H17ClN2. The van der Waals surface area contributed by atoms with Gasteiger partial charge >= 0.3 is 0 Å². The lowest BCUT2D eigenvalue weighted by Gasteiger charge is -1.84. The first-order chi connectivity index (χ1) is 7.38. The van der Waals surface area contributed by atoms with E-state index in [1.165, 1.54) is 19.3 Å². The van der Waals surface area contributed by atoms with Crippen molar-refractivity contribution in [3.05, 3.63) is 30.5 Å². The fourth-order valence-corrected chi connectivity index (χ4v) is 1.42. The van der Waals surface area contributed by atoms with Crippen LogP contribution >= 0.6 is 11.6 Å². The number of aromatic nitrogens is 2. The SMILES string of the molecule is CCCCCCl.c1ccc2[nH]ncc2c1. The van der Waals surface area contributed by atoms with E-state index in [-0.39, 0.29) is 0 Å². The van der Waals surface area contributed by atoms with Crippen LogP contribution in [0.4, 0.5) is 0 Å². The minimum atomic E-state index is 0.827. The largest absolute Gasteiger partial charge is 0.278 e. The van der Waals surface area contributed by atoms with E-state index in [1.807, 2.05) is 30.5 Å². The summed E-state index contributed by atoms with van der Waals surface area (Å²) in [6, 6.07) is 8.01. The zero-order valence-corrected chi connectivity index (χ0v) is 9.80. The average Bonchev–Trinajstić information content (AvgIpc) is 2.75. The first kappa shape index (κ1) is 12.1. The Hall–Kier alpha value is -1.02. The molecule has 0 unspecified atom stereocenters. The molecule has 0 bridgehead atoms. The minimum absolute atomic E-state index is 0.827. The van der Waals surface area contributed by atoms with Crippen LogP contribution in [0.15, 0.2) is 30.5 Å². The maximum Gasteiger partial charge on any atom is 0.0650 e. The lowest BCUT2D eigenvalue weighted by atomic mass is 10.3. The van der Waals surface area contributed by atoms with Crippen molar-refractivity contribution in [2.45, 2.75) is 26.2 Å². The summed E-state index contributed by atoms with van der Waals surface area (Å²) in [6.07, 6.45) is 5.55. The molecule has 0 saturated carbocycles. The third-order valence-corrected chi connectivity index (χ3v) is 2.35. The second-order valence-corrected chi connectivity index (χ2v) is 3.73. The number of alkyl halides is 1. The van der Waals surface area contributed by atoms with Crippen LogP contribution in [0.3, 0.4) is 0 Å². The molecule has 1 heterocycles. The summed E-state index contributed by atoms with van der Waals surface area (Å²) in [7, 11) is 0. The number of H-pyrrole nitrogens is 1. The van der Waals surface area contributed by atoms with Crippen LogP contribution in [0, 0.1) is 0 Å². The second-order valence-electron chi connectivity index (χ2n) is 3.35. The highest BCUT2D eigenvalue weighted by atomic mass is 35.5. The summed E-state index contributed by atoms with van der Waals surface area (Å²) in [4.78, 5) is 0. The average molecular weight is 225 g/mol. The predicted molar refractivity (Wildman–Crippen MR) is 66.3 cm³/mol. The molecule has 0 amide bonds. The van der Waals surface area contributed by atoms with Crippen LogP contribution < -0.4 is 0 Å². The Morgan fingerprint density at radius 2 is 2.07 bits per heavy atom. The fraction of sp³-hybridized carbons (Fsp3) is 0.417. The van der Waals surface area contributed by atoms with Crippen molar-refractivity contribution in [2.24, 2.45) is 0 Å². The Labute approximate surface area is 95.6 Å². The maximum atomic E-state index is 5.38. The fourth-order valence-electron chi connectivity index (χ4n) is 1.23. The molecule has 1 N–H and O–H groups in total. The molecule has 3 heteroatoms. The topological polar surface area (TPSA) is 28.7 Å². The van der Waals surface area contributed by atoms with Crippen molar-refractivity contribution in [2.75, 3.05) is 5.88 Å². The number of fused-ring (bicyclic) bond motifs is 1. The summed E-state index contributed by atoms with van der Waals surface area (Å²) >= 11 is 5.38. The highest BCUT2D eigenvalue weighted by Crippen LogP contribution is 2.06. The van der Waals surface area contributed by atoms with E-state index in [9.17, 15) is 0 Å². The molecular weight excluding hydrogens is 208 g/mol. The number of para-hydroxylation sites is 1. The number of hydrogen-bond acceptors (Lipinski definition) is 1. The summed E-state index contributed by atoms with van der Waals surface area (Å²) in [5, 5.41) is 7.91. The summed E-state index contributed by atoms with van der Waals surface area (Å²) < 4.78 is 0. The molecule has 1 aromatic heterocycles. The van der Waals surface area contributed by atoms with Crippen LogP contribution in [0.2, 0.25) is 0 Å². The van der Waals surface area contributed by atoms with Crippen LogP contribution in [-0.2, 0) is 0 Å². The molecule has 0 aliphatic heterocycles. The first-order valence-corrected chi connectivity index (χ1v) is 5.86. The molecule has 2 aromatic rings. The first-order valence-electron chi connectivity index (χ1n) is 5.32. The standard InChI is InChI=1S/C7H6N2.C5H11Cl/c1-2-4-7-6(3-1)5-8-9-7;1-2-3-4-5-6/h1-5H,(H,8,9);2-5H2,1H3. The van der Waals surface area contributed by atoms with E-state index in [0.29, 0.717) is 0 Å². The predicted octanol–water partition coefficient (Wildman–Crippen LogP) is 3.98. The summed E-state index contributed by atoms with van der Waals surface area (Å²) in [6.45, 7) is 2.17. The van der Waals surface area contributed by atoms with Crippen LogP contribution in [0.25, 0.3) is 10.9 Å². The molecule has 15 heavy (non-hydrogen) atoms. The van der Waals surface area contributed by atoms with Gasteiger partial charge in [-0.1, -0.05) is 38.0 Å². The number of aromatic amines is 1. The van der Waals surface area contributed by atoms with Crippen LogP contribution in [0.5, 0.6) is 0 Å². The molecule has 0 aliphatic rings. The zero-order valence-electron chi connectivity index (χ0n) is 9.04. The van der Waals surface area contributed by atoms with Crippen molar-refractivity contribution in [3.63, 3.8) is 0 Å². The van der Waals surface area contributed by atoms with E-state index < -0.39 is 0 Å². The van der Waals surface area contributed by atoms with Crippen LogP contribution in [-0.4, -0.2) is 16.1 Å². The van der Waals surface area contributed by atoms with Gasteiger partial charge in [-0.15, -0.1) is 11.6 Å². The van der Waals surface area contributed by atoms with Gasteiger partial charge in [0.25, 0.3) is 0 Å². The molecule has 0 aliphatic carbocycles. The number of nitrogens with one attached hydrogen (secondary N) is 1. The number of rotatable bonds is 3. The van der Waals surface area contributed by atoms with Crippen LogP contribution in [0.1, 0.15) is 26.2 Å². The number of nitrogens with zero attached hydrogens (tertiary/aromatic N) is 1. The van der Waals surface area contributed by atoms with Crippen molar-refractivity contribution in [1.82, 2.24) is 10.2 Å². The number of unbranched alkanes of at least 4 members (excludes halogenated alkanes) is 2. The van der Waals surface area contributed by atoms with Gasteiger partial charge in [0.1, 0.15) is 0 Å². The van der Waals surface area contributed by atoms with E-state index in [0.717, 1.165) is 16.8 Å². The Morgan fingerprint density at radius 1 is 1.27 bits per heavy atom. The van der Waals surface area contributed by atoms with E-state index in [1.54, 1.807) is 0 Å². The summed E-state index contributed by atoms with van der Waals surface area (Å²) in [5.41, 5.74) is 1.09. The zero-order chi connectivity index (χ0) is 10.9. The maximum absolute atomic E-state index is 5.38. The molecule has 2 rings (SSSR count). The molecule has 0 atom stereocenters. The Kier molecular flexibility index (Phi) is 5.86. The van der Waals surface area contributed by atoms with Crippen molar-refractivity contribution in [1.29, 1.82) is 0 Å². The lowest BCUT2D eigenvalue weighted by molar-refractivity contribution is 0.776. The van der Waals surface area contributed by atoms with Gasteiger partial charge in [0.05, 0.1) is 11.7 Å². The van der Waals surface area contributed by atoms with Gasteiger partial charge < -0.3 is 0 Å². The molecule has 0 fully saturated rings. The molecule has 82 valence electrons. The van der Waals surface area contributed by atoms with Crippen molar-refractivity contribution < 1.29 is 0 Å². The number of halogens is 1. The normalized spacial score (nSPS) is 9.73. The van der Waals surface area contributed by atoms with E-state index >= 15 is 0 Å². The van der Waals surface area contributed by atoms with Gasteiger partial charge in [-0.3, -0.25) is 5.10 Å². The van der Waals surface area contributed by atoms with Gasteiger partial charge in [-0.25, -0.2) is 0 Å². The molecule has 2 nitrogen and oxygen atoms in total. The van der Waals surface area contributed by atoms with Crippen molar-refractivity contribution in [3.8, 4) is 0 Å². The highest BCUT2D eigenvalue weighted by Gasteiger charge is 1.88. The number of hydrogen-bond donors (Lipinski definition) is 1. The molecule has 1 aromatic carbocycles. The monoisotopic (exact) mass is 224 g/mol. The lowest BCUT2D eigenvalue weighted by Crippen LogP contribution is -1.70. The third kappa shape index (κ3) is 4.34. The van der Waals surface area contributed by atoms with E-state index in [4.69, 9.17) is 11.6 Å². The van der Waals surface area contributed by atoms with Crippen molar-refractivity contribution >= 4 is 22.5 Å². The molecule has 0 saturated heterocycles. The quantitative estimate of drug-likeness (QED) is 0.620. The van der Waals surface area contributed by atoms with Gasteiger partial charge in [0.15, 0.2) is 0 Å². The van der Waals surface area contributed by atoms with E-state index in [2.05, 4.69) is 17.1 Å². The second kappa shape index (κ2) is 7.30. The third-order valence-electron chi connectivity index (χ3n) is 2.09. The molecule has 0 radical (unpaired) electrons. The van der Waals surface area contributed by atoms with Gasteiger partial charge in [-0.2, -0.15) is 5.10 Å². The summed E-state index contributed by atoms with van der Waals surface area (Å²) in [5.74, 6) is 0.827. The van der Waals surface area contributed by atoms with Gasteiger partial charge in [0.2, 0.25) is 0 Å². The van der Waals surface area contributed by atoms with Gasteiger partial charge in [0, 0.05) is 11.3 Å². The Balaban J connectivity index is 0.000000167. The Bertz CT molecular complexity index is 336. The molecule has 0 spiro atoms.